The maximum absolute atomic E-state index is 12.2. The summed E-state index contributed by atoms with van der Waals surface area (Å²) in [7, 11) is 1.59. The second-order valence-electron chi connectivity index (χ2n) is 6.15. The lowest BCUT2D eigenvalue weighted by atomic mass is 10.2. The minimum Gasteiger partial charge on any atom is -0.496 e. The molecule has 0 fully saturated rings. The number of ether oxygens (including phenoxy) is 1. The van der Waals surface area contributed by atoms with Crippen LogP contribution in [-0.2, 0) is 0 Å². The van der Waals surface area contributed by atoms with Gasteiger partial charge in [-0.05, 0) is 36.4 Å². The Morgan fingerprint density at radius 3 is 2.45 bits per heavy atom. The first-order valence-corrected chi connectivity index (χ1v) is 8.93. The molecule has 2 amide bonds. The molecule has 0 bridgehead atoms. The molecule has 2 N–H and O–H groups in total. The topological polar surface area (TPSA) is 89.3 Å². The van der Waals surface area contributed by atoms with Crippen molar-refractivity contribution in [2.75, 3.05) is 17.7 Å². The number of aromatic nitrogens is 2. The van der Waals surface area contributed by atoms with Gasteiger partial charge in [-0.1, -0.05) is 47.6 Å². The van der Waals surface area contributed by atoms with E-state index in [1.807, 2.05) is 66.7 Å². The average molecular weight is 386 g/mol. The fourth-order valence-corrected chi connectivity index (χ4v) is 2.82. The van der Waals surface area contributed by atoms with Crippen molar-refractivity contribution in [2.24, 2.45) is 0 Å². The maximum Gasteiger partial charge on any atom is 0.323 e. The number of amides is 2. The molecular weight excluding hydrogens is 368 g/mol. The quantitative estimate of drug-likeness (QED) is 0.501. The van der Waals surface area contributed by atoms with Gasteiger partial charge in [0.2, 0.25) is 5.82 Å². The average Bonchev–Trinajstić information content (AvgIpc) is 3.25. The van der Waals surface area contributed by atoms with Crippen molar-refractivity contribution in [3.05, 3.63) is 78.9 Å². The number of benzene rings is 3. The van der Waals surface area contributed by atoms with Crippen LogP contribution in [0.1, 0.15) is 0 Å². The highest BCUT2D eigenvalue weighted by Gasteiger charge is 2.15. The van der Waals surface area contributed by atoms with E-state index in [2.05, 4.69) is 20.8 Å². The Kier molecular flexibility index (Phi) is 5.20. The van der Waals surface area contributed by atoms with Crippen LogP contribution in [0, 0.1) is 0 Å². The van der Waals surface area contributed by atoms with Crippen LogP contribution in [0.2, 0.25) is 0 Å². The van der Waals surface area contributed by atoms with E-state index < -0.39 is 0 Å². The lowest BCUT2D eigenvalue weighted by molar-refractivity contribution is 0.262. The second-order valence-corrected chi connectivity index (χ2v) is 6.15. The number of hydrogen-bond acceptors (Lipinski definition) is 5. The van der Waals surface area contributed by atoms with Gasteiger partial charge in [-0.15, -0.1) is 0 Å². The van der Waals surface area contributed by atoms with Crippen LogP contribution in [0.15, 0.2) is 83.4 Å². The standard InChI is InChI=1S/C22H18N4O3/c1-28-19-13-6-5-12-18(19)21-25-20(26-29-21)15-8-7-11-17(14-15)24-22(27)23-16-9-3-2-4-10-16/h2-14H,1H3,(H2,23,24,27). The summed E-state index contributed by atoms with van der Waals surface area (Å²) in [5, 5.41) is 9.63. The highest BCUT2D eigenvalue weighted by molar-refractivity contribution is 6.00. The zero-order valence-electron chi connectivity index (χ0n) is 15.6. The van der Waals surface area contributed by atoms with Gasteiger partial charge in [0.25, 0.3) is 5.89 Å². The van der Waals surface area contributed by atoms with Crippen molar-refractivity contribution in [3.63, 3.8) is 0 Å². The molecule has 0 saturated heterocycles. The van der Waals surface area contributed by atoms with E-state index >= 15 is 0 Å². The number of carbonyl (C=O) groups excluding carboxylic acids is 1. The Labute approximate surface area is 167 Å². The van der Waals surface area contributed by atoms with E-state index in [0.29, 0.717) is 40.0 Å². The summed E-state index contributed by atoms with van der Waals surface area (Å²) in [5.41, 5.74) is 2.75. The summed E-state index contributed by atoms with van der Waals surface area (Å²) < 4.78 is 10.8. The molecule has 4 aromatic rings. The number of rotatable bonds is 5. The molecule has 0 spiro atoms. The van der Waals surface area contributed by atoms with Gasteiger partial charge >= 0.3 is 6.03 Å². The first kappa shape index (κ1) is 18.2. The van der Waals surface area contributed by atoms with E-state index in [0.717, 1.165) is 0 Å². The molecule has 0 saturated carbocycles. The molecule has 0 aliphatic carbocycles. The smallest absolute Gasteiger partial charge is 0.323 e. The number of para-hydroxylation sites is 2. The summed E-state index contributed by atoms with van der Waals surface area (Å²) in [5.74, 6) is 1.42. The third-order valence-corrected chi connectivity index (χ3v) is 4.17. The number of urea groups is 1. The normalized spacial score (nSPS) is 10.4. The molecule has 0 aliphatic rings. The molecular formula is C22H18N4O3. The van der Waals surface area contributed by atoms with Gasteiger partial charge in [0.05, 0.1) is 12.7 Å². The zero-order chi connectivity index (χ0) is 20.1. The number of anilines is 2. The van der Waals surface area contributed by atoms with Gasteiger partial charge in [0, 0.05) is 16.9 Å². The van der Waals surface area contributed by atoms with Crippen LogP contribution in [0.5, 0.6) is 5.75 Å². The lowest BCUT2D eigenvalue weighted by Gasteiger charge is -2.08. The summed E-state index contributed by atoms with van der Waals surface area (Å²) in [6.45, 7) is 0. The van der Waals surface area contributed by atoms with Crippen LogP contribution in [0.4, 0.5) is 16.2 Å². The minimum absolute atomic E-state index is 0.337. The van der Waals surface area contributed by atoms with Crippen molar-refractivity contribution < 1.29 is 14.1 Å². The molecule has 7 nitrogen and oxygen atoms in total. The van der Waals surface area contributed by atoms with Gasteiger partial charge in [0.15, 0.2) is 0 Å². The molecule has 0 atom stereocenters. The van der Waals surface area contributed by atoms with E-state index in [4.69, 9.17) is 9.26 Å². The van der Waals surface area contributed by atoms with Gasteiger partial charge in [-0.3, -0.25) is 0 Å². The van der Waals surface area contributed by atoms with Crippen LogP contribution in [-0.4, -0.2) is 23.3 Å². The Bertz CT molecular complexity index is 1130. The molecule has 1 aromatic heterocycles. The molecule has 29 heavy (non-hydrogen) atoms. The highest BCUT2D eigenvalue weighted by Crippen LogP contribution is 2.30. The molecule has 0 radical (unpaired) electrons. The summed E-state index contributed by atoms with van der Waals surface area (Å²) in [6.07, 6.45) is 0. The number of carbonyl (C=O) groups is 1. The molecule has 0 unspecified atom stereocenters. The number of hydrogen-bond donors (Lipinski definition) is 2. The SMILES string of the molecule is COc1ccccc1-c1nc(-c2cccc(NC(=O)Nc3ccccc3)c2)no1. The molecule has 4 rings (SSSR count). The summed E-state index contributed by atoms with van der Waals surface area (Å²) in [4.78, 5) is 16.7. The predicted molar refractivity (Wildman–Crippen MR) is 111 cm³/mol. The lowest BCUT2D eigenvalue weighted by Crippen LogP contribution is -2.19. The van der Waals surface area contributed by atoms with Crippen molar-refractivity contribution in [2.45, 2.75) is 0 Å². The van der Waals surface area contributed by atoms with Crippen LogP contribution in [0.25, 0.3) is 22.8 Å². The monoisotopic (exact) mass is 386 g/mol. The number of nitrogens with one attached hydrogen (secondary N) is 2. The van der Waals surface area contributed by atoms with Crippen molar-refractivity contribution >= 4 is 17.4 Å². The molecule has 144 valence electrons. The van der Waals surface area contributed by atoms with Gasteiger partial charge in [-0.2, -0.15) is 4.98 Å². The molecule has 3 aromatic carbocycles. The molecule has 0 aliphatic heterocycles. The number of methoxy groups -OCH3 is 1. The highest BCUT2D eigenvalue weighted by atomic mass is 16.5. The number of nitrogens with zero attached hydrogens (tertiary/aromatic N) is 2. The second kappa shape index (κ2) is 8.26. The Hall–Kier alpha value is -4.13. The van der Waals surface area contributed by atoms with Gasteiger partial charge < -0.3 is 19.9 Å². The van der Waals surface area contributed by atoms with E-state index in [1.54, 1.807) is 19.2 Å². The first-order valence-electron chi connectivity index (χ1n) is 8.93. The van der Waals surface area contributed by atoms with Crippen molar-refractivity contribution in [1.29, 1.82) is 0 Å². The Morgan fingerprint density at radius 2 is 1.62 bits per heavy atom. The first-order chi connectivity index (χ1) is 14.2. The maximum atomic E-state index is 12.2. The molecule has 1 heterocycles. The third kappa shape index (κ3) is 4.24. The summed E-state index contributed by atoms with van der Waals surface area (Å²) >= 11 is 0. The zero-order valence-corrected chi connectivity index (χ0v) is 15.6. The predicted octanol–water partition coefficient (Wildman–Crippen LogP) is 5.06. The van der Waals surface area contributed by atoms with Crippen molar-refractivity contribution in [3.8, 4) is 28.6 Å². The van der Waals surface area contributed by atoms with Gasteiger partial charge in [0.1, 0.15) is 5.75 Å². The van der Waals surface area contributed by atoms with E-state index in [-0.39, 0.29) is 6.03 Å². The van der Waals surface area contributed by atoms with Crippen LogP contribution < -0.4 is 15.4 Å². The fraction of sp³-hybridized carbons (Fsp3) is 0.0455. The minimum atomic E-state index is -0.337. The Balaban J connectivity index is 1.52. The van der Waals surface area contributed by atoms with Crippen LogP contribution >= 0.6 is 0 Å². The van der Waals surface area contributed by atoms with Crippen LogP contribution in [0.3, 0.4) is 0 Å². The fourth-order valence-electron chi connectivity index (χ4n) is 2.82. The Morgan fingerprint density at radius 1 is 0.897 bits per heavy atom. The third-order valence-electron chi connectivity index (χ3n) is 4.17. The van der Waals surface area contributed by atoms with Crippen molar-refractivity contribution in [1.82, 2.24) is 10.1 Å². The molecule has 7 heteroatoms. The van der Waals surface area contributed by atoms with E-state index in [1.165, 1.54) is 0 Å². The largest absolute Gasteiger partial charge is 0.496 e. The van der Waals surface area contributed by atoms with Gasteiger partial charge in [-0.25, -0.2) is 4.79 Å². The van der Waals surface area contributed by atoms with E-state index in [9.17, 15) is 4.79 Å². The summed E-state index contributed by atoms with van der Waals surface area (Å²) in [6, 6.07) is 23.5.